The molecule has 0 aromatic carbocycles. The molecule has 0 bridgehead atoms. The summed E-state index contributed by atoms with van der Waals surface area (Å²) in [5.74, 6) is 5.53. The zero-order valence-electron chi connectivity index (χ0n) is 11.5. The molecule has 6 heteroatoms. The smallest absolute Gasteiger partial charge is 0.0701 e. The van der Waals surface area contributed by atoms with E-state index in [1.54, 1.807) is 7.11 Å². The Bertz CT molecular complexity index is 341. The second-order valence-electron chi connectivity index (χ2n) is 4.24. The maximum Gasteiger partial charge on any atom is 0.0701 e. The molecule has 1 rings (SSSR count). The molecule has 0 fully saturated rings. The number of ether oxygens (including phenoxy) is 2. The lowest BCUT2D eigenvalue weighted by atomic mass is 10.1. The van der Waals surface area contributed by atoms with E-state index in [1.165, 1.54) is 0 Å². The van der Waals surface area contributed by atoms with Crippen LogP contribution in [0.2, 0.25) is 0 Å². The van der Waals surface area contributed by atoms with Crippen molar-refractivity contribution in [3.05, 3.63) is 17.5 Å². The van der Waals surface area contributed by atoms with Gasteiger partial charge in [-0.2, -0.15) is 5.10 Å². The van der Waals surface area contributed by atoms with E-state index in [4.69, 9.17) is 15.3 Å². The molecule has 0 aliphatic carbocycles. The summed E-state index contributed by atoms with van der Waals surface area (Å²) in [7, 11) is 3.61. The molecule has 0 saturated heterocycles. The number of hydrogen-bond acceptors (Lipinski definition) is 5. The highest BCUT2D eigenvalue weighted by Gasteiger charge is 2.12. The van der Waals surface area contributed by atoms with E-state index < -0.39 is 0 Å². The highest BCUT2D eigenvalue weighted by Crippen LogP contribution is 2.07. The van der Waals surface area contributed by atoms with Crippen molar-refractivity contribution in [1.82, 2.24) is 15.2 Å². The van der Waals surface area contributed by atoms with E-state index in [1.807, 2.05) is 11.7 Å². The highest BCUT2D eigenvalue weighted by atomic mass is 16.5. The molecule has 0 spiro atoms. The Labute approximate surface area is 108 Å². The van der Waals surface area contributed by atoms with Crippen molar-refractivity contribution in [2.75, 3.05) is 26.9 Å². The molecule has 0 saturated carbocycles. The first kappa shape index (κ1) is 15.1. The largest absolute Gasteiger partial charge is 0.382 e. The van der Waals surface area contributed by atoms with Gasteiger partial charge in [0.2, 0.25) is 0 Å². The molecule has 0 aliphatic heterocycles. The van der Waals surface area contributed by atoms with Crippen molar-refractivity contribution in [2.24, 2.45) is 12.9 Å². The molecular formula is C12H24N4O2. The minimum atomic E-state index is 0.0852. The fourth-order valence-electron chi connectivity index (χ4n) is 1.72. The second kappa shape index (κ2) is 8.20. The monoisotopic (exact) mass is 256 g/mol. The van der Waals surface area contributed by atoms with Crippen LogP contribution in [0.1, 0.15) is 18.3 Å². The fourth-order valence-corrected chi connectivity index (χ4v) is 1.72. The van der Waals surface area contributed by atoms with Crippen LogP contribution in [-0.2, 0) is 29.4 Å². The second-order valence-corrected chi connectivity index (χ2v) is 4.24. The maximum atomic E-state index is 5.53. The Balaban J connectivity index is 2.43. The third kappa shape index (κ3) is 4.73. The molecule has 1 atom stereocenters. The number of rotatable bonds is 9. The topological polar surface area (TPSA) is 74.3 Å². The Morgan fingerprint density at radius 1 is 1.50 bits per heavy atom. The standard InChI is InChI=1S/C12H24N4O2/c1-4-10-7-12(16(2)15-10)8-11(14-13)9-18-6-5-17-3/h7,11,14H,4-6,8-9,13H2,1-3H3. The summed E-state index contributed by atoms with van der Waals surface area (Å²) < 4.78 is 12.3. The van der Waals surface area contributed by atoms with Gasteiger partial charge in [0.25, 0.3) is 0 Å². The van der Waals surface area contributed by atoms with E-state index in [0.717, 1.165) is 24.2 Å². The SMILES string of the molecule is CCc1cc(CC(COCCOC)NN)n(C)n1. The van der Waals surface area contributed by atoms with E-state index in [-0.39, 0.29) is 6.04 Å². The molecule has 18 heavy (non-hydrogen) atoms. The van der Waals surface area contributed by atoms with E-state index >= 15 is 0 Å². The summed E-state index contributed by atoms with van der Waals surface area (Å²) in [4.78, 5) is 0. The first-order valence-electron chi connectivity index (χ1n) is 6.25. The number of nitrogens with two attached hydrogens (primary N) is 1. The van der Waals surface area contributed by atoms with Gasteiger partial charge in [0, 0.05) is 32.3 Å². The Hall–Kier alpha value is -0.950. The van der Waals surface area contributed by atoms with E-state index in [0.29, 0.717) is 19.8 Å². The molecule has 1 unspecified atom stereocenters. The van der Waals surface area contributed by atoms with Gasteiger partial charge in [-0.25, -0.2) is 0 Å². The number of hydrogen-bond donors (Lipinski definition) is 2. The summed E-state index contributed by atoms with van der Waals surface area (Å²) >= 11 is 0. The predicted molar refractivity (Wildman–Crippen MR) is 70.1 cm³/mol. The normalized spacial score (nSPS) is 12.9. The summed E-state index contributed by atoms with van der Waals surface area (Å²) in [5.41, 5.74) is 5.03. The number of aryl methyl sites for hydroxylation is 2. The summed E-state index contributed by atoms with van der Waals surface area (Å²) in [6, 6.07) is 2.20. The number of methoxy groups -OCH3 is 1. The number of nitrogens with one attached hydrogen (secondary N) is 1. The van der Waals surface area contributed by atoms with Crippen LogP contribution in [0.25, 0.3) is 0 Å². The fraction of sp³-hybridized carbons (Fsp3) is 0.750. The molecule has 0 aliphatic rings. The van der Waals surface area contributed by atoms with Crippen LogP contribution < -0.4 is 11.3 Å². The highest BCUT2D eigenvalue weighted by molar-refractivity contribution is 5.11. The summed E-state index contributed by atoms with van der Waals surface area (Å²) in [6.45, 7) is 3.84. The van der Waals surface area contributed by atoms with Crippen LogP contribution in [0.5, 0.6) is 0 Å². The third-order valence-corrected chi connectivity index (χ3v) is 2.83. The molecular weight excluding hydrogens is 232 g/mol. The Morgan fingerprint density at radius 2 is 2.28 bits per heavy atom. The van der Waals surface area contributed by atoms with Crippen LogP contribution in [-0.4, -0.2) is 42.8 Å². The van der Waals surface area contributed by atoms with E-state index in [2.05, 4.69) is 23.5 Å². The maximum absolute atomic E-state index is 5.53. The first-order valence-corrected chi connectivity index (χ1v) is 6.25. The van der Waals surface area contributed by atoms with Crippen molar-refractivity contribution in [3.8, 4) is 0 Å². The molecule has 3 N–H and O–H groups in total. The van der Waals surface area contributed by atoms with E-state index in [9.17, 15) is 0 Å². The summed E-state index contributed by atoms with van der Waals surface area (Å²) in [6.07, 6.45) is 1.74. The van der Waals surface area contributed by atoms with Gasteiger partial charge in [-0.15, -0.1) is 0 Å². The molecule has 0 radical (unpaired) electrons. The lowest BCUT2D eigenvalue weighted by Crippen LogP contribution is -2.41. The molecule has 1 aromatic rings. The third-order valence-electron chi connectivity index (χ3n) is 2.83. The number of hydrazine groups is 1. The molecule has 0 amide bonds. The van der Waals surface area contributed by atoms with Crippen molar-refractivity contribution in [2.45, 2.75) is 25.8 Å². The van der Waals surface area contributed by atoms with Gasteiger partial charge >= 0.3 is 0 Å². The average molecular weight is 256 g/mol. The minimum absolute atomic E-state index is 0.0852. The van der Waals surface area contributed by atoms with Gasteiger partial charge in [-0.3, -0.25) is 16.0 Å². The summed E-state index contributed by atoms with van der Waals surface area (Å²) in [5, 5.41) is 4.41. The van der Waals surface area contributed by atoms with Gasteiger partial charge in [0.1, 0.15) is 0 Å². The van der Waals surface area contributed by atoms with Gasteiger partial charge in [-0.1, -0.05) is 6.92 Å². The van der Waals surface area contributed by atoms with Crippen molar-refractivity contribution in [3.63, 3.8) is 0 Å². The van der Waals surface area contributed by atoms with Crippen LogP contribution in [0.4, 0.5) is 0 Å². The van der Waals surface area contributed by atoms with Crippen LogP contribution in [0.15, 0.2) is 6.07 Å². The van der Waals surface area contributed by atoms with Crippen LogP contribution >= 0.6 is 0 Å². The van der Waals surface area contributed by atoms with Crippen LogP contribution in [0, 0.1) is 0 Å². The number of aromatic nitrogens is 2. The lowest BCUT2D eigenvalue weighted by Gasteiger charge is -2.15. The molecule has 104 valence electrons. The minimum Gasteiger partial charge on any atom is -0.382 e. The van der Waals surface area contributed by atoms with Gasteiger partial charge in [-0.05, 0) is 12.5 Å². The molecule has 1 heterocycles. The Kier molecular flexibility index (Phi) is 6.89. The van der Waals surface area contributed by atoms with Crippen LogP contribution in [0.3, 0.4) is 0 Å². The zero-order chi connectivity index (χ0) is 13.4. The quantitative estimate of drug-likeness (QED) is 0.370. The van der Waals surface area contributed by atoms with Crippen molar-refractivity contribution < 1.29 is 9.47 Å². The van der Waals surface area contributed by atoms with Gasteiger partial charge in [0.15, 0.2) is 0 Å². The lowest BCUT2D eigenvalue weighted by molar-refractivity contribution is 0.0585. The number of nitrogens with zero attached hydrogens (tertiary/aromatic N) is 2. The molecule has 6 nitrogen and oxygen atoms in total. The van der Waals surface area contributed by atoms with Gasteiger partial charge < -0.3 is 9.47 Å². The molecule has 1 aromatic heterocycles. The van der Waals surface area contributed by atoms with Crippen molar-refractivity contribution >= 4 is 0 Å². The zero-order valence-corrected chi connectivity index (χ0v) is 11.5. The van der Waals surface area contributed by atoms with Gasteiger partial charge in [0.05, 0.1) is 25.5 Å². The first-order chi connectivity index (χ1) is 8.71. The average Bonchev–Trinajstić information content (AvgIpc) is 2.74. The predicted octanol–water partition coefficient (Wildman–Crippen LogP) is 0.0199. The Morgan fingerprint density at radius 3 is 2.83 bits per heavy atom. The van der Waals surface area contributed by atoms with Crippen molar-refractivity contribution in [1.29, 1.82) is 0 Å².